The minimum absolute atomic E-state index is 0.150. The number of amides is 1. The van der Waals surface area contributed by atoms with Gasteiger partial charge in [0.05, 0.1) is 24.3 Å². The van der Waals surface area contributed by atoms with Gasteiger partial charge in [0.1, 0.15) is 6.61 Å². The molecule has 0 radical (unpaired) electrons. The van der Waals surface area contributed by atoms with E-state index in [1.54, 1.807) is 13.3 Å². The maximum Gasteiger partial charge on any atom is 0.254 e. The van der Waals surface area contributed by atoms with Gasteiger partial charge in [-0.15, -0.1) is 0 Å². The van der Waals surface area contributed by atoms with Crippen LogP contribution in [-0.4, -0.2) is 31.8 Å². The first-order chi connectivity index (χ1) is 16.6. The first-order valence-corrected chi connectivity index (χ1v) is 12.5. The van der Waals surface area contributed by atoms with Gasteiger partial charge < -0.3 is 14.8 Å². The molecule has 4 rings (SSSR count). The van der Waals surface area contributed by atoms with Crippen LogP contribution in [0.1, 0.15) is 43.2 Å². The first kappa shape index (κ1) is 24.2. The molecule has 1 saturated carbocycles. The normalized spacial score (nSPS) is 14.4. The molecule has 0 atom stereocenters. The van der Waals surface area contributed by atoms with E-state index in [0.29, 0.717) is 24.1 Å². The van der Waals surface area contributed by atoms with Crippen LogP contribution in [0.5, 0.6) is 11.5 Å². The SMILES string of the molecule is COc1cc(/C=N\NC(=O)CNC2CCCCC2)cc(Br)c1OCc1cccc2ccccc12. The Kier molecular flexibility index (Phi) is 8.55. The number of nitrogens with zero attached hydrogens (tertiary/aromatic N) is 1. The molecule has 3 aromatic rings. The van der Waals surface area contributed by atoms with Gasteiger partial charge in [-0.05, 0) is 62.8 Å². The van der Waals surface area contributed by atoms with Crippen LogP contribution in [0.3, 0.4) is 0 Å². The summed E-state index contributed by atoms with van der Waals surface area (Å²) < 4.78 is 12.5. The van der Waals surface area contributed by atoms with E-state index in [1.807, 2.05) is 30.3 Å². The minimum atomic E-state index is -0.150. The molecule has 0 saturated heterocycles. The van der Waals surface area contributed by atoms with Crippen LogP contribution >= 0.6 is 15.9 Å². The number of carbonyl (C=O) groups is 1. The predicted molar refractivity (Wildman–Crippen MR) is 140 cm³/mol. The average Bonchev–Trinajstić information content (AvgIpc) is 2.87. The smallest absolute Gasteiger partial charge is 0.254 e. The van der Waals surface area contributed by atoms with E-state index >= 15 is 0 Å². The molecular formula is C27H30BrN3O3. The fourth-order valence-electron chi connectivity index (χ4n) is 4.28. The second-order valence-corrected chi connectivity index (χ2v) is 9.32. The summed E-state index contributed by atoms with van der Waals surface area (Å²) in [5, 5.41) is 9.75. The topological polar surface area (TPSA) is 72.0 Å². The molecule has 1 aliphatic rings. The zero-order valence-electron chi connectivity index (χ0n) is 19.4. The number of hydrazone groups is 1. The third-order valence-corrected chi connectivity index (χ3v) is 6.65. The van der Waals surface area contributed by atoms with Crippen LogP contribution in [0.25, 0.3) is 10.8 Å². The Hall–Kier alpha value is -2.90. The summed E-state index contributed by atoms with van der Waals surface area (Å²) in [7, 11) is 1.60. The van der Waals surface area contributed by atoms with Gasteiger partial charge in [-0.25, -0.2) is 5.43 Å². The number of fused-ring (bicyclic) bond motifs is 1. The number of benzene rings is 3. The van der Waals surface area contributed by atoms with Crippen molar-refractivity contribution >= 4 is 38.8 Å². The highest BCUT2D eigenvalue weighted by molar-refractivity contribution is 9.10. The molecule has 0 bridgehead atoms. The Balaban J connectivity index is 1.36. The van der Waals surface area contributed by atoms with Crippen molar-refractivity contribution in [3.05, 3.63) is 70.2 Å². The molecular weight excluding hydrogens is 494 g/mol. The molecule has 1 amide bonds. The lowest BCUT2D eigenvalue weighted by atomic mass is 9.95. The molecule has 0 unspecified atom stereocenters. The highest BCUT2D eigenvalue weighted by Crippen LogP contribution is 2.37. The second-order valence-electron chi connectivity index (χ2n) is 8.47. The fourth-order valence-corrected chi connectivity index (χ4v) is 4.86. The third-order valence-electron chi connectivity index (χ3n) is 6.06. The minimum Gasteiger partial charge on any atom is -0.493 e. The predicted octanol–water partition coefficient (Wildman–Crippen LogP) is 5.56. The van der Waals surface area contributed by atoms with Gasteiger partial charge in [0.15, 0.2) is 11.5 Å². The van der Waals surface area contributed by atoms with Gasteiger partial charge in [0.2, 0.25) is 0 Å². The van der Waals surface area contributed by atoms with Crippen LogP contribution in [-0.2, 0) is 11.4 Å². The van der Waals surface area contributed by atoms with Crippen LogP contribution < -0.4 is 20.2 Å². The summed E-state index contributed by atoms with van der Waals surface area (Å²) in [5.74, 6) is 1.05. The number of nitrogens with one attached hydrogen (secondary N) is 2. The van der Waals surface area contributed by atoms with Crippen molar-refractivity contribution in [3.8, 4) is 11.5 Å². The van der Waals surface area contributed by atoms with Crippen molar-refractivity contribution in [1.29, 1.82) is 0 Å². The Morgan fingerprint density at radius 2 is 1.91 bits per heavy atom. The number of rotatable bonds is 9. The monoisotopic (exact) mass is 523 g/mol. The molecule has 2 N–H and O–H groups in total. The van der Waals surface area contributed by atoms with Crippen LogP contribution in [0.2, 0.25) is 0 Å². The Labute approximate surface area is 208 Å². The largest absolute Gasteiger partial charge is 0.493 e. The molecule has 0 aromatic heterocycles. The highest BCUT2D eigenvalue weighted by Gasteiger charge is 2.14. The van der Waals surface area contributed by atoms with E-state index < -0.39 is 0 Å². The molecule has 3 aromatic carbocycles. The van der Waals surface area contributed by atoms with Crippen LogP contribution in [0.15, 0.2) is 64.2 Å². The molecule has 0 heterocycles. The van der Waals surface area contributed by atoms with Gasteiger partial charge in [-0.2, -0.15) is 5.10 Å². The first-order valence-electron chi connectivity index (χ1n) is 11.7. The van der Waals surface area contributed by atoms with Gasteiger partial charge >= 0.3 is 0 Å². The second kappa shape index (κ2) is 12.0. The van der Waals surface area contributed by atoms with Crippen molar-refractivity contribution < 1.29 is 14.3 Å². The standard InChI is InChI=1S/C27H30BrN3O3/c1-33-25-15-19(16-30-31-26(32)17-29-22-11-3-2-4-12-22)14-24(28)27(25)34-18-21-10-7-9-20-8-5-6-13-23(20)21/h5-10,13-16,22,29H,2-4,11-12,17-18H2,1H3,(H,31,32)/b30-16-. The highest BCUT2D eigenvalue weighted by atomic mass is 79.9. The Morgan fingerprint density at radius 1 is 1.12 bits per heavy atom. The summed E-state index contributed by atoms with van der Waals surface area (Å²) >= 11 is 3.59. The van der Waals surface area contributed by atoms with E-state index in [-0.39, 0.29) is 12.5 Å². The van der Waals surface area contributed by atoms with Gasteiger partial charge in [0, 0.05) is 6.04 Å². The van der Waals surface area contributed by atoms with Gasteiger partial charge in [-0.3, -0.25) is 4.79 Å². The summed E-state index contributed by atoms with van der Waals surface area (Å²) in [6, 6.07) is 18.6. The molecule has 6 nitrogen and oxygen atoms in total. The lowest BCUT2D eigenvalue weighted by Gasteiger charge is -2.22. The van der Waals surface area contributed by atoms with Crippen molar-refractivity contribution in [3.63, 3.8) is 0 Å². The Bertz CT molecular complexity index is 1150. The number of halogens is 1. The lowest BCUT2D eigenvalue weighted by molar-refractivity contribution is -0.120. The number of hydrogen-bond donors (Lipinski definition) is 2. The van der Waals surface area contributed by atoms with Gasteiger partial charge in [0.25, 0.3) is 5.91 Å². The van der Waals surface area contributed by atoms with Crippen molar-refractivity contribution in [1.82, 2.24) is 10.7 Å². The number of carbonyl (C=O) groups excluding carboxylic acids is 1. The van der Waals surface area contributed by atoms with E-state index in [0.717, 1.165) is 33.8 Å². The maximum absolute atomic E-state index is 12.1. The maximum atomic E-state index is 12.1. The molecule has 178 valence electrons. The van der Waals surface area contributed by atoms with Crippen molar-refractivity contribution in [2.45, 2.75) is 44.8 Å². The number of ether oxygens (including phenoxy) is 2. The zero-order chi connectivity index (χ0) is 23.8. The Morgan fingerprint density at radius 3 is 2.74 bits per heavy atom. The molecule has 1 aliphatic carbocycles. The lowest BCUT2D eigenvalue weighted by Crippen LogP contribution is -2.38. The number of methoxy groups -OCH3 is 1. The van der Waals surface area contributed by atoms with E-state index in [9.17, 15) is 4.79 Å². The summed E-state index contributed by atoms with van der Waals surface area (Å²) in [6.07, 6.45) is 7.63. The summed E-state index contributed by atoms with van der Waals surface area (Å²) in [4.78, 5) is 12.1. The van der Waals surface area contributed by atoms with Crippen LogP contribution in [0.4, 0.5) is 0 Å². The molecule has 0 aliphatic heterocycles. The molecule has 34 heavy (non-hydrogen) atoms. The van der Waals surface area contributed by atoms with Crippen molar-refractivity contribution in [2.75, 3.05) is 13.7 Å². The zero-order valence-corrected chi connectivity index (χ0v) is 20.9. The molecule has 7 heteroatoms. The quantitative estimate of drug-likeness (QED) is 0.284. The molecule has 0 spiro atoms. The van der Waals surface area contributed by atoms with Crippen LogP contribution in [0, 0.1) is 0 Å². The van der Waals surface area contributed by atoms with E-state index in [2.05, 4.69) is 56.0 Å². The average molecular weight is 524 g/mol. The fraction of sp³-hybridized carbons (Fsp3) is 0.333. The van der Waals surface area contributed by atoms with Crippen molar-refractivity contribution in [2.24, 2.45) is 5.10 Å². The molecule has 1 fully saturated rings. The third kappa shape index (κ3) is 6.36. The number of hydrogen-bond acceptors (Lipinski definition) is 5. The summed E-state index contributed by atoms with van der Waals surface area (Å²) in [5.41, 5.74) is 4.47. The van der Waals surface area contributed by atoms with Gasteiger partial charge in [-0.1, -0.05) is 61.7 Å². The van der Waals surface area contributed by atoms with E-state index in [1.165, 1.54) is 24.6 Å². The summed E-state index contributed by atoms with van der Waals surface area (Å²) in [6.45, 7) is 0.684. The van der Waals surface area contributed by atoms with E-state index in [4.69, 9.17) is 9.47 Å².